The predicted molar refractivity (Wildman–Crippen MR) is 158 cm³/mol. The molecule has 1 aliphatic heterocycles. The van der Waals surface area contributed by atoms with Gasteiger partial charge in [-0.05, 0) is 100 Å². The van der Waals surface area contributed by atoms with Crippen LogP contribution >= 0.6 is 23.2 Å². The van der Waals surface area contributed by atoms with Gasteiger partial charge in [-0.25, -0.2) is 0 Å². The minimum Gasteiger partial charge on any atom is -0.424 e. The van der Waals surface area contributed by atoms with Crippen molar-refractivity contribution in [3.63, 3.8) is 0 Å². The van der Waals surface area contributed by atoms with E-state index >= 15 is 0 Å². The third-order valence-corrected chi connectivity index (χ3v) is 7.30. The summed E-state index contributed by atoms with van der Waals surface area (Å²) in [6.07, 6.45) is 0. The van der Waals surface area contributed by atoms with Crippen molar-refractivity contribution >= 4 is 61.2 Å². The highest BCUT2D eigenvalue weighted by molar-refractivity contribution is 6.68. The van der Waals surface area contributed by atoms with Gasteiger partial charge in [-0.2, -0.15) is 9.97 Å². The lowest BCUT2D eigenvalue weighted by Crippen LogP contribution is -2.45. The summed E-state index contributed by atoms with van der Waals surface area (Å²) in [6, 6.07) is 21.5. The maximum atomic E-state index is 11.5. The average molecular weight is 588 g/mol. The maximum absolute atomic E-state index is 11.5. The van der Waals surface area contributed by atoms with E-state index in [-0.39, 0.29) is 12.0 Å². The second-order valence-electron chi connectivity index (χ2n) is 9.69. The fourth-order valence-corrected chi connectivity index (χ4v) is 4.83. The SMILES string of the molecule is CN1CCN(c2nc(Oc3ccc4cc(C(=O)Cl)ccc4c3)nc(Oc3ccc4cc(C(=O)Cl)ccc4c3)n2)CC1. The molecule has 1 aromatic heterocycles. The molecule has 41 heavy (non-hydrogen) atoms. The van der Waals surface area contributed by atoms with Gasteiger partial charge in [0.25, 0.3) is 10.5 Å². The van der Waals surface area contributed by atoms with Crippen molar-refractivity contribution in [2.75, 3.05) is 38.1 Å². The van der Waals surface area contributed by atoms with Gasteiger partial charge in [-0.1, -0.05) is 24.3 Å². The van der Waals surface area contributed by atoms with Gasteiger partial charge in [-0.15, -0.1) is 4.98 Å². The molecule has 1 aliphatic rings. The highest BCUT2D eigenvalue weighted by Crippen LogP contribution is 2.30. The van der Waals surface area contributed by atoms with Crippen molar-refractivity contribution in [3.05, 3.63) is 83.9 Å². The zero-order valence-corrected chi connectivity index (χ0v) is 23.4. The summed E-state index contributed by atoms with van der Waals surface area (Å²) in [5.41, 5.74) is 0.844. The highest BCUT2D eigenvalue weighted by Gasteiger charge is 2.20. The van der Waals surface area contributed by atoms with Crippen LogP contribution in [0.25, 0.3) is 21.5 Å². The van der Waals surface area contributed by atoms with Crippen LogP contribution in [-0.4, -0.2) is 63.6 Å². The first-order chi connectivity index (χ1) is 19.8. The number of piperazine rings is 1. The molecule has 0 unspecified atom stereocenters. The lowest BCUT2D eigenvalue weighted by Gasteiger charge is -2.32. The number of aromatic nitrogens is 3. The van der Waals surface area contributed by atoms with E-state index in [1.807, 2.05) is 24.3 Å². The van der Waals surface area contributed by atoms with Crippen LogP contribution in [0.15, 0.2) is 72.8 Å². The number of hydrogen-bond acceptors (Lipinski definition) is 9. The van der Waals surface area contributed by atoms with Crippen molar-refractivity contribution < 1.29 is 19.1 Å². The summed E-state index contributed by atoms with van der Waals surface area (Å²) < 4.78 is 12.2. The standard InChI is InChI=1S/C30H23Cl2N5O4/c1-36-10-12-37(13-11-36)28-33-29(40-24-8-6-18-14-22(26(31)38)4-2-20(18)16-24)35-30(34-28)41-25-9-7-19-15-23(27(32)39)5-3-21(19)17-25/h2-9,14-17H,10-13H2,1H3. The minimum atomic E-state index is -0.511. The average Bonchev–Trinajstić information content (AvgIpc) is 2.96. The molecule has 0 radical (unpaired) electrons. The molecule has 0 bridgehead atoms. The van der Waals surface area contributed by atoms with E-state index in [1.165, 1.54) is 0 Å². The molecule has 206 valence electrons. The monoisotopic (exact) mass is 587 g/mol. The Balaban J connectivity index is 1.31. The number of likely N-dealkylation sites (N-methyl/N-ethyl adjacent to an activating group) is 1. The Labute approximate surface area is 245 Å². The lowest BCUT2D eigenvalue weighted by atomic mass is 10.1. The van der Waals surface area contributed by atoms with Crippen LogP contribution in [0.1, 0.15) is 20.7 Å². The van der Waals surface area contributed by atoms with Gasteiger partial charge in [0.1, 0.15) is 11.5 Å². The van der Waals surface area contributed by atoms with Crippen molar-refractivity contribution in [3.8, 4) is 23.5 Å². The van der Waals surface area contributed by atoms with Gasteiger partial charge in [0.15, 0.2) is 0 Å². The molecule has 5 aromatic rings. The number of fused-ring (bicyclic) bond motifs is 2. The van der Waals surface area contributed by atoms with Crippen molar-refractivity contribution in [2.24, 2.45) is 0 Å². The van der Waals surface area contributed by atoms with Gasteiger partial charge < -0.3 is 19.3 Å². The predicted octanol–water partition coefficient (Wildman–Crippen LogP) is 6.27. The topological polar surface area (TPSA) is 97.8 Å². The molecule has 2 heterocycles. The van der Waals surface area contributed by atoms with Gasteiger partial charge in [0, 0.05) is 37.3 Å². The van der Waals surface area contributed by atoms with Crippen molar-refractivity contribution in [1.82, 2.24) is 19.9 Å². The summed E-state index contributed by atoms with van der Waals surface area (Å²) in [5.74, 6) is 1.48. The summed E-state index contributed by atoms with van der Waals surface area (Å²) >= 11 is 11.3. The number of rotatable bonds is 7. The van der Waals surface area contributed by atoms with Crippen LogP contribution in [0.2, 0.25) is 0 Å². The normalized spacial score (nSPS) is 13.9. The van der Waals surface area contributed by atoms with Gasteiger partial charge in [0.2, 0.25) is 5.95 Å². The highest BCUT2D eigenvalue weighted by atomic mass is 35.5. The molecule has 0 spiro atoms. The van der Waals surface area contributed by atoms with E-state index in [1.54, 1.807) is 48.5 Å². The molecular weight excluding hydrogens is 565 g/mol. The molecule has 1 saturated heterocycles. The number of halogens is 2. The van der Waals surface area contributed by atoms with E-state index < -0.39 is 10.5 Å². The Hall–Kier alpha value is -4.31. The van der Waals surface area contributed by atoms with Crippen LogP contribution in [0.3, 0.4) is 0 Å². The Morgan fingerprint density at radius 2 is 1.07 bits per heavy atom. The first-order valence-electron chi connectivity index (χ1n) is 12.8. The second-order valence-corrected chi connectivity index (χ2v) is 10.4. The first kappa shape index (κ1) is 26.9. The molecule has 9 nitrogen and oxygen atoms in total. The number of anilines is 1. The first-order valence-corrected chi connectivity index (χ1v) is 13.6. The Morgan fingerprint density at radius 1 is 0.634 bits per heavy atom. The molecule has 0 N–H and O–H groups in total. The van der Waals surface area contributed by atoms with E-state index in [0.29, 0.717) is 28.6 Å². The molecule has 0 atom stereocenters. The zero-order chi connectivity index (χ0) is 28.5. The molecule has 0 amide bonds. The number of carbonyl (C=O) groups is 2. The smallest absolute Gasteiger partial charge is 0.330 e. The molecule has 0 aliphatic carbocycles. The van der Waals surface area contributed by atoms with E-state index in [9.17, 15) is 9.59 Å². The third kappa shape index (κ3) is 6.07. The van der Waals surface area contributed by atoms with Crippen molar-refractivity contribution in [2.45, 2.75) is 0 Å². The number of nitrogens with zero attached hydrogens (tertiary/aromatic N) is 5. The van der Waals surface area contributed by atoms with Crippen LogP contribution in [-0.2, 0) is 0 Å². The Bertz CT molecular complexity index is 1690. The molecule has 1 fully saturated rings. The van der Waals surface area contributed by atoms with Crippen LogP contribution in [0.5, 0.6) is 23.5 Å². The number of benzene rings is 4. The quantitative estimate of drug-likeness (QED) is 0.204. The number of ether oxygens (including phenoxy) is 2. The largest absolute Gasteiger partial charge is 0.424 e. The second kappa shape index (κ2) is 11.3. The minimum absolute atomic E-state index is 0.0851. The number of hydrogen-bond donors (Lipinski definition) is 0. The maximum Gasteiger partial charge on any atom is 0.330 e. The van der Waals surface area contributed by atoms with Crippen LogP contribution in [0.4, 0.5) is 5.95 Å². The molecular formula is C30H23Cl2N5O4. The molecule has 6 rings (SSSR count). The fraction of sp³-hybridized carbons (Fsp3) is 0.167. The van der Waals surface area contributed by atoms with E-state index in [0.717, 1.165) is 47.7 Å². The molecule has 11 heteroatoms. The van der Waals surface area contributed by atoms with Gasteiger partial charge >= 0.3 is 12.0 Å². The third-order valence-electron chi connectivity index (χ3n) is 6.86. The van der Waals surface area contributed by atoms with E-state index in [4.69, 9.17) is 32.7 Å². The van der Waals surface area contributed by atoms with Crippen molar-refractivity contribution in [1.29, 1.82) is 0 Å². The van der Waals surface area contributed by atoms with Crippen LogP contribution < -0.4 is 14.4 Å². The summed E-state index contributed by atoms with van der Waals surface area (Å²) in [7, 11) is 2.07. The fourth-order valence-electron chi connectivity index (χ4n) is 4.60. The van der Waals surface area contributed by atoms with E-state index in [2.05, 4.69) is 31.8 Å². The summed E-state index contributed by atoms with van der Waals surface area (Å²) in [4.78, 5) is 41.0. The Kier molecular flexibility index (Phi) is 7.40. The van der Waals surface area contributed by atoms with Gasteiger partial charge in [-0.3, -0.25) is 9.59 Å². The Morgan fingerprint density at radius 3 is 1.54 bits per heavy atom. The zero-order valence-electron chi connectivity index (χ0n) is 21.9. The molecule has 4 aromatic carbocycles. The summed E-state index contributed by atoms with van der Waals surface area (Å²) in [5, 5.41) is 2.40. The van der Waals surface area contributed by atoms with Crippen LogP contribution in [0, 0.1) is 0 Å². The summed E-state index contributed by atoms with van der Waals surface area (Å²) in [6.45, 7) is 3.23. The lowest BCUT2D eigenvalue weighted by molar-refractivity contribution is 0.107. The number of carbonyl (C=O) groups excluding carboxylic acids is 2. The molecule has 0 saturated carbocycles. The van der Waals surface area contributed by atoms with Gasteiger partial charge in [0.05, 0.1) is 0 Å².